The van der Waals surface area contributed by atoms with E-state index in [1.54, 1.807) is 53.6 Å². The molecular weight excluding hydrogens is 278 g/mol. The number of pyridine rings is 1. The molecule has 0 unspecified atom stereocenters. The lowest BCUT2D eigenvalue weighted by atomic mass is 10.4. The molecule has 0 fully saturated rings. The number of rotatable bonds is 3. The molecule has 104 valence electrons. The molecule has 3 heterocycles. The molecule has 0 aliphatic rings. The zero-order chi connectivity index (χ0) is 14.3. The Balaban J connectivity index is 1.96. The number of imidazole rings is 1. The SMILES string of the molecule is Cc1nc(S(=O)(=O)Nc2ccn3nccc3c2)cn1C. The molecule has 0 saturated heterocycles. The fourth-order valence-electron chi connectivity index (χ4n) is 1.85. The van der Waals surface area contributed by atoms with Gasteiger partial charge in [-0.2, -0.15) is 13.5 Å². The quantitative estimate of drug-likeness (QED) is 0.785. The highest BCUT2D eigenvalue weighted by atomic mass is 32.2. The van der Waals surface area contributed by atoms with Gasteiger partial charge in [-0.1, -0.05) is 0 Å². The van der Waals surface area contributed by atoms with Crippen molar-refractivity contribution < 1.29 is 8.42 Å². The van der Waals surface area contributed by atoms with E-state index in [0.717, 1.165) is 5.52 Å². The zero-order valence-electron chi connectivity index (χ0n) is 11.0. The van der Waals surface area contributed by atoms with Crippen LogP contribution in [0.25, 0.3) is 5.52 Å². The van der Waals surface area contributed by atoms with Gasteiger partial charge in [-0.15, -0.1) is 0 Å². The van der Waals surface area contributed by atoms with Crippen molar-refractivity contribution in [1.29, 1.82) is 0 Å². The van der Waals surface area contributed by atoms with Crippen molar-refractivity contribution >= 4 is 21.2 Å². The van der Waals surface area contributed by atoms with Gasteiger partial charge in [0.15, 0.2) is 5.03 Å². The summed E-state index contributed by atoms with van der Waals surface area (Å²) in [5.74, 6) is 0.636. The first kappa shape index (κ1) is 12.7. The van der Waals surface area contributed by atoms with Crippen molar-refractivity contribution in [3.05, 3.63) is 42.6 Å². The van der Waals surface area contributed by atoms with Crippen LogP contribution in [0, 0.1) is 6.92 Å². The molecule has 0 atom stereocenters. The third-order valence-electron chi connectivity index (χ3n) is 3.01. The Morgan fingerprint density at radius 1 is 1.30 bits per heavy atom. The third kappa shape index (κ3) is 2.14. The summed E-state index contributed by atoms with van der Waals surface area (Å²) in [7, 11) is -1.93. The Morgan fingerprint density at radius 3 is 2.80 bits per heavy atom. The smallest absolute Gasteiger partial charge is 0.280 e. The summed E-state index contributed by atoms with van der Waals surface area (Å²) in [6, 6.07) is 5.15. The number of hydrogen-bond donors (Lipinski definition) is 1. The number of sulfonamides is 1. The lowest BCUT2D eigenvalue weighted by Gasteiger charge is -2.05. The van der Waals surface area contributed by atoms with Crippen molar-refractivity contribution in [3.8, 4) is 0 Å². The maximum absolute atomic E-state index is 12.2. The lowest BCUT2D eigenvalue weighted by molar-refractivity contribution is 0.598. The van der Waals surface area contributed by atoms with Crippen LogP contribution in [0.5, 0.6) is 0 Å². The third-order valence-corrected chi connectivity index (χ3v) is 4.27. The molecule has 0 spiro atoms. The fourth-order valence-corrected chi connectivity index (χ4v) is 2.94. The molecule has 20 heavy (non-hydrogen) atoms. The second-order valence-corrected chi connectivity index (χ2v) is 6.09. The summed E-state index contributed by atoms with van der Waals surface area (Å²) >= 11 is 0. The highest BCUT2D eigenvalue weighted by Crippen LogP contribution is 2.17. The summed E-state index contributed by atoms with van der Waals surface area (Å²) in [6.45, 7) is 1.75. The van der Waals surface area contributed by atoms with Crippen LogP contribution in [-0.2, 0) is 17.1 Å². The van der Waals surface area contributed by atoms with Crippen LogP contribution in [0.1, 0.15) is 5.82 Å². The summed E-state index contributed by atoms with van der Waals surface area (Å²) < 4.78 is 30.3. The predicted octanol–water partition coefficient (Wildman–Crippen LogP) is 1.18. The molecule has 0 amide bonds. The topological polar surface area (TPSA) is 81.3 Å². The van der Waals surface area contributed by atoms with E-state index >= 15 is 0 Å². The Bertz CT molecular complexity index is 859. The van der Waals surface area contributed by atoms with E-state index in [1.165, 1.54) is 6.20 Å². The summed E-state index contributed by atoms with van der Waals surface area (Å²) in [5.41, 5.74) is 1.28. The van der Waals surface area contributed by atoms with E-state index in [-0.39, 0.29) is 5.03 Å². The molecule has 3 aromatic rings. The Hall–Kier alpha value is -2.35. The van der Waals surface area contributed by atoms with Gasteiger partial charge in [0.25, 0.3) is 10.0 Å². The molecule has 0 bridgehead atoms. The van der Waals surface area contributed by atoms with Gasteiger partial charge in [-0.05, 0) is 25.1 Å². The van der Waals surface area contributed by atoms with E-state index in [9.17, 15) is 8.42 Å². The summed E-state index contributed by atoms with van der Waals surface area (Å²) in [5, 5.41) is 4.06. The maximum Gasteiger partial charge on any atom is 0.280 e. The number of hydrogen-bond acceptors (Lipinski definition) is 4. The first-order valence-corrected chi connectivity index (χ1v) is 7.40. The van der Waals surface area contributed by atoms with Gasteiger partial charge >= 0.3 is 0 Å². The fraction of sp³-hybridized carbons (Fsp3) is 0.167. The first-order chi connectivity index (χ1) is 9.45. The van der Waals surface area contributed by atoms with Crippen LogP contribution >= 0.6 is 0 Å². The molecule has 7 nitrogen and oxygen atoms in total. The average Bonchev–Trinajstić information content (AvgIpc) is 2.96. The van der Waals surface area contributed by atoms with Crippen LogP contribution in [0.3, 0.4) is 0 Å². The van der Waals surface area contributed by atoms with Crippen LogP contribution < -0.4 is 4.72 Å². The predicted molar refractivity (Wildman–Crippen MR) is 73.9 cm³/mol. The minimum absolute atomic E-state index is 0.00545. The van der Waals surface area contributed by atoms with Crippen LogP contribution in [0.2, 0.25) is 0 Å². The molecule has 0 saturated carbocycles. The van der Waals surface area contributed by atoms with Crippen molar-refractivity contribution in [2.45, 2.75) is 11.9 Å². The van der Waals surface area contributed by atoms with Gasteiger partial charge in [0, 0.05) is 25.6 Å². The molecule has 3 aromatic heterocycles. The molecular formula is C12H13N5O2S. The highest BCUT2D eigenvalue weighted by molar-refractivity contribution is 7.92. The van der Waals surface area contributed by atoms with Crippen LogP contribution in [0.15, 0.2) is 41.8 Å². The van der Waals surface area contributed by atoms with E-state index in [4.69, 9.17) is 0 Å². The molecule has 0 aromatic carbocycles. The Kier molecular flexibility index (Phi) is 2.75. The molecule has 8 heteroatoms. The number of nitrogens with one attached hydrogen (secondary N) is 1. The number of fused-ring (bicyclic) bond motifs is 1. The van der Waals surface area contributed by atoms with E-state index < -0.39 is 10.0 Å². The maximum atomic E-state index is 12.2. The Labute approximate surface area is 115 Å². The normalized spacial score (nSPS) is 11.9. The molecule has 3 rings (SSSR count). The number of aromatic nitrogens is 4. The Morgan fingerprint density at radius 2 is 2.10 bits per heavy atom. The largest absolute Gasteiger partial charge is 0.337 e. The second-order valence-electron chi connectivity index (χ2n) is 4.46. The van der Waals surface area contributed by atoms with Gasteiger partial charge in [-0.25, -0.2) is 9.50 Å². The molecule has 0 aliphatic heterocycles. The minimum atomic E-state index is -3.68. The van der Waals surface area contributed by atoms with Gasteiger partial charge in [0.1, 0.15) is 5.82 Å². The van der Waals surface area contributed by atoms with Gasteiger partial charge < -0.3 is 4.57 Å². The monoisotopic (exact) mass is 291 g/mol. The minimum Gasteiger partial charge on any atom is -0.337 e. The molecule has 1 N–H and O–H groups in total. The van der Waals surface area contributed by atoms with Gasteiger partial charge in [-0.3, -0.25) is 4.72 Å². The van der Waals surface area contributed by atoms with Crippen molar-refractivity contribution in [3.63, 3.8) is 0 Å². The van der Waals surface area contributed by atoms with Gasteiger partial charge in [0.2, 0.25) is 0 Å². The number of nitrogens with zero attached hydrogens (tertiary/aromatic N) is 4. The standard InChI is InChI=1S/C12H13N5O2S/c1-9-14-12(8-16(9)2)20(18,19)15-10-4-6-17-11(7-10)3-5-13-17/h3-8,15H,1-2H3. The van der Waals surface area contributed by atoms with Crippen molar-refractivity contribution in [2.24, 2.45) is 7.05 Å². The van der Waals surface area contributed by atoms with E-state index in [1.807, 2.05) is 0 Å². The average molecular weight is 291 g/mol. The molecule has 0 aliphatic carbocycles. The van der Waals surface area contributed by atoms with Crippen molar-refractivity contribution in [2.75, 3.05) is 4.72 Å². The van der Waals surface area contributed by atoms with E-state index in [0.29, 0.717) is 11.5 Å². The zero-order valence-corrected chi connectivity index (χ0v) is 11.8. The number of anilines is 1. The first-order valence-electron chi connectivity index (χ1n) is 5.92. The second kappa shape index (κ2) is 4.34. The van der Waals surface area contributed by atoms with Gasteiger partial charge in [0.05, 0.1) is 11.2 Å². The summed E-state index contributed by atoms with van der Waals surface area (Å²) in [4.78, 5) is 4.03. The number of aryl methyl sites for hydroxylation is 2. The van der Waals surface area contributed by atoms with Crippen molar-refractivity contribution in [1.82, 2.24) is 19.2 Å². The van der Waals surface area contributed by atoms with Crippen LogP contribution in [0.4, 0.5) is 5.69 Å². The lowest BCUT2D eigenvalue weighted by Crippen LogP contribution is -2.13. The molecule has 0 radical (unpaired) electrons. The highest BCUT2D eigenvalue weighted by Gasteiger charge is 2.18. The van der Waals surface area contributed by atoms with E-state index in [2.05, 4.69) is 14.8 Å². The van der Waals surface area contributed by atoms with Crippen LogP contribution in [-0.4, -0.2) is 27.6 Å². The summed E-state index contributed by atoms with van der Waals surface area (Å²) in [6.07, 6.45) is 4.82.